The molecule has 1 aliphatic heterocycles. The van der Waals surface area contributed by atoms with Crippen molar-refractivity contribution in [2.75, 3.05) is 13.1 Å². The van der Waals surface area contributed by atoms with Gasteiger partial charge in [-0.2, -0.15) is 0 Å². The predicted octanol–water partition coefficient (Wildman–Crippen LogP) is 2.47. The normalized spacial score (nSPS) is 15.2. The van der Waals surface area contributed by atoms with Crippen LogP contribution in [-0.4, -0.2) is 35.0 Å². The molecule has 1 aromatic carbocycles. The van der Waals surface area contributed by atoms with E-state index in [1.54, 1.807) is 23.1 Å². The summed E-state index contributed by atoms with van der Waals surface area (Å²) in [6, 6.07) is 5.12. The molecule has 0 saturated carbocycles. The third kappa shape index (κ3) is 3.39. The lowest BCUT2D eigenvalue weighted by atomic mass is 9.95. The van der Waals surface area contributed by atoms with Crippen LogP contribution in [0.1, 0.15) is 12.0 Å². The Labute approximate surface area is 120 Å². The monoisotopic (exact) mass is 301 g/mol. The topological polar surface area (TPSA) is 57.6 Å². The second-order valence-electron chi connectivity index (χ2n) is 4.64. The number of hydrogen-bond donors (Lipinski definition) is 1. The maximum Gasteiger partial charge on any atom is 0.303 e. The van der Waals surface area contributed by atoms with Crippen molar-refractivity contribution in [1.82, 2.24) is 4.90 Å². The molecule has 1 N–H and O–H groups in total. The van der Waals surface area contributed by atoms with Crippen molar-refractivity contribution in [3.8, 4) is 0 Å². The van der Waals surface area contributed by atoms with Crippen LogP contribution in [0.2, 0.25) is 10.0 Å². The van der Waals surface area contributed by atoms with E-state index < -0.39 is 5.97 Å². The summed E-state index contributed by atoms with van der Waals surface area (Å²) in [6.07, 6.45) is 0.259. The molecule has 0 aliphatic carbocycles. The fourth-order valence-corrected chi connectivity index (χ4v) is 2.64. The third-order valence-electron chi connectivity index (χ3n) is 3.16. The van der Waals surface area contributed by atoms with Crippen molar-refractivity contribution in [1.29, 1.82) is 0 Å². The van der Waals surface area contributed by atoms with Crippen LogP contribution in [0.15, 0.2) is 18.2 Å². The van der Waals surface area contributed by atoms with Crippen LogP contribution in [0.3, 0.4) is 0 Å². The molecule has 0 atom stereocenters. The van der Waals surface area contributed by atoms with Crippen molar-refractivity contribution in [2.24, 2.45) is 5.92 Å². The van der Waals surface area contributed by atoms with Gasteiger partial charge in [0.05, 0.1) is 12.8 Å². The number of likely N-dealkylation sites (tertiary alicyclic amines) is 1. The van der Waals surface area contributed by atoms with E-state index in [9.17, 15) is 9.59 Å². The Morgan fingerprint density at radius 2 is 1.84 bits per heavy atom. The maximum absolute atomic E-state index is 12.0. The van der Waals surface area contributed by atoms with Gasteiger partial charge in [0.25, 0.3) is 0 Å². The van der Waals surface area contributed by atoms with Crippen LogP contribution in [0.25, 0.3) is 0 Å². The average Bonchev–Trinajstić information content (AvgIpc) is 2.27. The quantitative estimate of drug-likeness (QED) is 0.929. The number of carbonyl (C=O) groups excluding carboxylic acids is 1. The molecule has 0 radical (unpaired) electrons. The highest BCUT2D eigenvalue weighted by atomic mass is 35.5. The lowest BCUT2D eigenvalue weighted by Gasteiger charge is -2.38. The van der Waals surface area contributed by atoms with E-state index in [1.807, 2.05) is 0 Å². The molecule has 1 aromatic rings. The summed E-state index contributed by atoms with van der Waals surface area (Å²) < 4.78 is 0. The van der Waals surface area contributed by atoms with Gasteiger partial charge < -0.3 is 10.0 Å². The first-order valence-corrected chi connectivity index (χ1v) is 6.65. The molecule has 1 amide bonds. The summed E-state index contributed by atoms with van der Waals surface area (Å²) in [4.78, 5) is 24.1. The summed E-state index contributed by atoms with van der Waals surface area (Å²) in [5, 5.41) is 9.59. The summed E-state index contributed by atoms with van der Waals surface area (Å²) in [7, 11) is 0. The van der Waals surface area contributed by atoms with Gasteiger partial charge in [0, 0.05) is 29.1 Å². The number of benzene rings is 1. The van der Waals surface area contributed by atoms with Gasteiger partial charge in [-0.3, -0.25) is 9.59 Å². The van der Waals surface area contributed by atoms with Crippen molar-refractivity contribution in [3.05, 3.63) is 33.8 Å². The largest absolute Gasteiger partial charge is 0.481 e. The number of halogens is 2. The minimum Gasteiger partial charge on any atom is -0.481 e. The molecule has 6 heteroatoms. The first kappa shape index (κ1) is 14.2. The highest BCUT2D eigenvalue weighted by Gasteiger charge is 2.32. The van der Waals surface area contributed by atoms with Gasteiger partial charge in [0.15, 0.2) is 0 Å². The molecule has 1 aliphatic rings. The van der Waals surface area contributed by atoms with E-state index in [4.69, 9.17) is 28.3 Å². The molecule has 0 bridgehead atoms. The Hall–Kier alpha value is -1.26. The molecule has 19 heavy (non-hydrogen) atoms. The van der Waals surface area contributed by atoms with Crippen LogP contribution in [0, 0.1) is 5.92 Å². The zero-order valence-electron chi connectivity index (χ0n) is 10.1. The number of rotatable bonds is 4. The van der Waals surface area contributed by atoms with Crippen LogP contribution in [0.5, 0.6) is 0 Å². The summed E-state index contributed by atoms with van der Waals surface area (Å²) in [5.74, 6) is -0.842. The first-order valence-electron chi connectivity index (χ1n) is 5.90. The Morgan fingerprint density at radius 3 is 2.37 bits per heavy atom. The van der Waals surface area contributed by atoms with E-state index in [-0.39, 0.29) is 24.7 Å². The van der Waals surface area contributed by atoms with Gasteiger partial charge >= 0.3 is 5.97 Å². The molecular formula is C13H13Cl2NO3. The van der Waals surface area contributed by atoms with Gasteiger partial charge in [-0.05, 0) is 17.7 Å². The Bertz CT molecular complexity index is 492. The molecule has 4 nitrogen and oxygen atoms in total. The van der Waals surface area contributed by atoms with Gasteiger partial charge in [-0.25, -0.2) is 0 Å². The summed E-state index contributed by atoms with van der Waals surface area (Å²) in [6.45, 7) is 0.987. The molecule has 102 valence electrons. The third-order valence-corrected chi connectivity index (χ3v) is 3.87. The van der Waals surface area contributed by atoms with Crippen molar-refractivity contribution >= 4 is 35.1 Å². The van der Waals surface area contributed by atoms with Crippen LogP contribution >= 0.6 is 23.2 Å². The second kappa shape index (κ2) is 5.80. The Balaban J connectivity index is 1.91. The number of carbonyl (C=O) groups is 2. The number of aliphatic carboxylic acids is 1. The van der Waals surface area contributed by atoms with E-state index in [0.717, 1.165) is 0 Å². The van der Waals surface area contributed by atoms with Gasteiger partial charge in [0.1, 0.15) is 0 Å². The van der Waals surface area contributed by atoms with Crippen molar-refractivity contribution < 1.29 is 14.7 Å². The van der Waals surface area contributed by atoms with Crippen molar-refractivity contribution in [3.63, 3.8) is 0 Å². The molecule has 1 saturated heterocycles. The molecule has 1 fully saturated rings. The molecule has 2 rings (SSSR count). The van der Waals surface area contributed by atoms with E-state index in [1.165, 1.54) is 0 Å². The molecular weight excluding hydrogens is 289 g/mol. The van der Waals surface area contributed by atoms with Crippen molar-refractivity contribution in [2.45, 2.75) is 12.8 Å². The minimum absolute atomic E-state index is 0.0585. The van der Waals surface area contributed by atoms with Crippen LogP contribution in [0.4, 0.5) is 0 Å². The van der Waals surface area contributed by atoms with E-state index >= 15 is 0 Å². The van der Waals surface area contributed by atoms with Gasteiger partial charge in [0.2, 0.25) is 5.91 Å². The zero-order valence-corrected chi connectivity index (χ0v) is 11.6. The minimum atomic E-state index is -0.828. The summed E-state index contributed by atoms with van der Waals surface area (Å²) in [5.41, 5.74) is 0.623. The number of amides is 1. The van der Waals surface area contributed by atoms with Gasteiger partial charge in [-0.15, -0.1) is 0 Å². The number of hydrogen-bond acceptors (Lipinski definition) is 2. The highest BCUT2D eigenvalue weighted by molar-refractivity contribution is 6.36. The fourth-order valence-electron chi connectivity index (χ4n) is 2.11. The first-order chi connectivity index (χ1) is 8.97. The van der Waals surface area contributed by atoms with Gasteiger partial charge in [-0.1, -0.05) is 29.3 Å². The smallest absolute Gasteiger partial charge is 0.303 e. The standard InChI is InChI=1S/C13H13Cl2NO3/c14-10-2-1-3-11(15)9(10)5-12(17)16-6-8(7-16)4-13(18)19/h1-3,8H,4-7H2,(H,18,19). The summed E-state index contributed by atoms with van der Waals surface area (Å²) >= 11 is 12.0. The maximum atomic E-state index is 12.0. The molecule has 0 aromatic heterocycles. The predicted molar refractivity (Wildman–Crippen MR) is 72.5 cm³/mol. The molecule has 0 spiro atoms. The van der Waals surface area contributed by atoms with E-state index in [0.29, 0.717) is 28.7 Å². The number of carboxylic acids is 1. The Morgan fingerprint density at radius 1 is 1.26 bits per heavy atom. The number of carboxylic acid groups (broad SMARTS) is 1. The second-order valence-corrected chi connectivity index (χ2v) is 5.45. The SMILES string of the molecule is O=C(O)CC1CN(C(=O)Cc2c(Cl)cccc2Cl)C1. The number of nitrogens with zero attached hydrogens (tertiary/aromatic N) is 1. The highest BCUT2D eigenvalue weighted by Crippen LogP contribution is 2.27. The zero-order chi connectivity index (χ0) is 14.0. The van der Waals surface area contributed by atoms with Crippen LogP contribution < -0.4 is 0 Å². The lowest BCUT2D eigenvalue weighted by molar-refractivity contribution is -0.144. The van der Waals surface area contributed by atoms with Crippen LogP contribution in [-0.2, 0) is 16.0 Å². The molecule has 1 heterocycles. The lowest BCUT2D eigenvalue weighted by Crippen LogP contribution is -2.51. The molecule has 0 unspecified atom stereocenters. The Kier molecular flexibility index (Phi) is 4.32. The van der Waals surface area contributed by atoms with E-state index in [2.05, 4.69) is 0 Å². The fraction of sp³-hybridized carbons (Fsp3) is 0.385. The average molecular weight is 302 g/mol.